The van der Waals surface area contributed by atoms with Crippen molar-refractivity contribution in [1.29, 1.82) is 0 Å². The van der Waals surface area contributed by atoms with E-state index in [4.69, 9.17) is 9.47 Å². The minimum atomic E-state index is -0.00447. The summed E-state index contributed by atoms with van der Waals surface area (Å²) in [5.41, 5.74) is 14.3. The van der Waals surface area contributed by atoms with E-state index in [0.717, 1.165) is 22.6 Å². The Morgan fingerprint density at radius 1 is 0.407 bits per heavy atom. The highest BCUT2D eigenvalue weighted by atomic mass is 16.5. The number of methoxy groups -OCH3 is 2. The van der Waals surface area contributed by atoms with Gasteiger partial charge in [-0.2, -0.15) is 0 Å². The zero-order valence-electron chi connectivity index (χ0n) is 34.4. The Morgan fingerprint density at radius 3 is 1.19 bits per heavy atom. The summed E-state index contributed by atoms with van der Waals surface area (Å²) < 4.78 is 10.6. The smallest absolute Gasteiger partial charge is 0.193 e. The van der Waals surface area contributed by atoms with E-state index in [9.17, 15) is 4.79 Å². The Balaban J connectivity index is 0.000000182. The van der Waals surface area contributed by atoms with Crippen molar-refractivity contribution in [3.05, 3.63) is 200 Å². The summed E-state index contributed by atoms with van der Waals surface area (Å²) in [6.07, 6.45) is 0. The molecule has 3 nitrogen and oxygen atoms in total. The van der Waals surface area contributed by atoms with Crippen molar-refractivity contribution in [2.24, 2.45) is 0 Å². The van der Waals surface area contributed by atoms with E-state index in [1.807, 2.05) is 74.5 Å². The van der Waals surface area contributed by atoms with Gasteiger partial charge in [-0.05, 0) is 98.7 Å². The van der Waals surface area contributed by atoms with Crippen LogP contribution in [0.3, 0.4) is 0 Å². The molecule has 0 saturated heterocycles. The second-order valence-electron chi connectivity index (χ2n) is 15.4. The Labute approximate surface area is 325 Å². The summed E-state index contributed by atoms with van der Waals surface area (Å²) in [5, 5.41) is 0. The number of hydrogen-bond donors (Lipinski definition) is 0. The van der Waals surface area contributed by atoms with Crippen molar-refractivity contribution in [3.63, 3.8) is 0 Å². The number of hydrogen-bond acceptors (Lipinski definition) is 3. The maximum atomic E-state index is 12.1. The zero-order valence-corrected chi connectivity index (χ0v) is 34.4. The van der Waals surface area contributed by atoms with Crippen LogP contribution in [0, 0.1) is 41.5 Å². The fourth-order valence-corrected chi connectivity index (χ4v) is 6.29. The Morgan fingerprint density at radius 2 is 0.778 bits per heavy atom. The van der Waals surface area contributed by atoms with E-state index in [2.05, 4.69) is 128 Å². The molecule has 0 N–H and O–H groups in total. The van der Waals surface area contributed by atoms with Crippen LogP contribution in [0.4, 0.5) is 0 Å². The van der Waals surface area contributed by atoms with Crippen LogP contribution in [-0.2, 0) is 10.8 Å². The minimum absolute atomic E-state index is 0.00447. The van der Waals surface area contributed by atoms with Crippen LogP contribution in [-0.4, -0.2) is 20.0 Å². The molecule has 6 rings (SSSR count). The molecule has 0 heterocycles. The number of aryl methyl sites for hydroxylation is 6. The van der Waals surface area contributed by atoms with Gasteiger partial charge in [-0.25, -0.2) is 0 Å². The quantitative estimate of drug-likeness (QED) is 0.147. The fraction of sp³-hybridized carbons (Fsp3) is 0.275. The molecule has 0 spiro atoms. The first-order chi connectivity index (χ1) is 25.6. The van der Waals surface area contributed by atoms with Gasteiger partial charge in [-0.3, -0.25) is 4.79 Å². The highest BCUT2D eigenvalue weighted by Crippen LogP contribution is 2.35. The molecule has 54 heavy (non-hydrogen) atoms. The van der Waals surface area contributed by atoms with E-state index in [1.165, 1.54) is 55.6 Å². The fourth-order valence-electron chi connectivity index (χ4n) is 6.29. The second-order valence-corrected chi connectivity index (χ2v) is 15.4. The first-order valence-electron chi connectivity index (χ1n) is 18.7. The van der Waals surface area contributed by atoms with Gasteiger partial charge in [-0.1, -0.05) is 160 Å². The van der Waals surface area contributed by atoms with E-state index in [-0.39, 0.29) is 16.6 Å². The molecule has 0 aliphatic carbocycles. The number of ether oxygens (including phenoxy) is 2. The van der Waals surface area contributed by atoms with Crippen LogP contribution in [0.15, 0.2) is 133 Å². The molecule has 0 atom stereocenters. The van der Waals surface area contributed by atoms with Crippen LogP contribution in [0.1, 0.15) is 99.3 Å². The zero-order chi connectivity index (χ0) is 39.6. The monoisotopic (exact) mass is 718 g/mol. The first-order valence-corrected chi connectivity index (χ1v) is 18.7. The maximum Gasteiger partial charge on any atom is 0.193 e. The SMILES string of the molecule is COc1ccc(C(C)(C)c2ccc(C)c(C)c2)cc1C.COc1ccc(C(C)(C)c2ccc(C)cc2)cc1.Cc1ccc(C(=O)c2ccc(C)cc2)cc1. The molecule has 280 valence electrons. The largest absolute Gasteiger partial charge is 0.497 e. The molecular weight excluding hydrogens is 661 g/mol. The van der Waals surface area contributed by atoms with Gasteiger partial charge < -0.3 is 9.47 Å². The number of carbonyl (C=O) groups is 1. The molecule has 0 unspecified atom stereocenters. The molecule has 0 amide bonds. The van der Waals surface area contributed by atoms with Gasteiger partial charge in [0.25, 0.3) is 0 Å². The first kappa shape index (κ1) is 41.3. The average Bonchev–Trinajstić information content (AvgIpc) is 3.17. The van der Waals surface area contributed by atoms with Crippen molar-refractivity contribution in [1.82, 2.24) is 0 Å². The Hall–Kier alpha value is -5.41. The third kappa shape index (κ3) is 10.4. The standard InChI is InChI=1S/C19H24O.C17H20O.C15H14O/c1-13-7-8-16(11-14(13)2)19(4,5)17-9-10-18(20-6)15(3)12-17;1-13-5-7-14(8-6-13)17(2,3)15-9-11-16(18-4)12-10-15;1-11-3-7-13(8-4-11)15(16)14-9-5-12(2)6-10-14/h7-12H,1-6H3;5-12H,1-4H3;3-10H,1-2H3. The van der Waals surface area contributed by atoms with Crippen molar-refractivity contribution in [3.8, 4) is 11.5 Å². The Kier molecular flexibility index (Phi) is 13.8. The highest BCUT2D eigenvalue weighted by molar-refractivity contribution is 6.09. The van der Waals surface area contributed by atoms with Crippen LogP contribution in [0.5, 0.6) is 11.5 Å². The summed E-state index contributed by atoms with van der Waals surface area (Å²) in [5.74, 6) is 1.93. The Bertz CT molecular complexity index is 2070. The number of carbonyl (C=O) groups excluding carboxylic acids is 1. The predicted molar refractivity (Wildman–Crippen MR) is 228 cm³/mol. The average molecular weight is 719 g/mol. The summed E-state index contributed by atoms with van der Waals surface area (Å²) in [6, 6.07) is 45.6. The number of rotatable bonds is 8. The van der Waals surface area contributed by atoms with Crippen LogP contribution < -0.4 is 9.47 Å². The van der Waals surface area contributed by atoms with Crippen LogP contribution >= 0.6 is 0 Å². The normalized spacial score (nSPS) is 11.0. The molecule has 0 saturated carbocycles. The number of ketones is 1. The van der Waals surface area contributed by atoms with Gasteiger partial charge in [0, 0.05) is 22.0 Å². The van der Waals surface area contributed by atoms with Gasteiger partial charge in [0.05, 0.1) is 14.2 Å². The van der Waals surface area contributed by atoms with Crippen molar-refractivity contribution >= 4 is 5.78 Å². The predicted octanol–water partition coefficient (Wildman–Crippen LogP) is 12.8. The topological polar surface area (TPSA) is 35.5 Å². The maximum absolute atomic E-state index is 12.1. The van der Waals surface area contributed by atoms with E-state index in [1.54, 1.807) is 14.2 Å². The molecule has 0 fully saturated rings. The van der Waals surface area contributed by atoms with E-state index >= 15 is 0 Å². The van der Waals surface area contributed by atoms with Gasteiger partial charge in [0.2, 0.25) is 0 Å². The van der Waals surface area contributed by atoms with Gasteiger partial charge in [0.1, 0.15) is 11.5 Å². The summed E-state index contributed by atoms with van der Waals surface area (Å²) in [4.78, 5) is 12.1. The lowest BCUT2D eigenvalue weighted by atomic mass is 9.77. The molecule has 0 bridgehead atoms. The van der Waals surface area contributed by atoms with Crippen molar-refractivity contribution in [2.75, 3.05) is 14.2 Å². The lowest BCUT2D eigenvalue weighted by molar-refractivity contribution is 0.103. The molecule has 3 heteroatoms. The molecule has 0 aliphatic rings. The molecule has 0 aliphatic heterocycles. The molecular formula is C51H58O3. The van der Waals surface area contributed by atoms with Gasteiger partial charge in [-0.15, -0.1) is 0 Å². The van der Waals surface area contributed by atoms with Crippen molar-refractivity contribution < 1.29 is 14.3 Å². The molecule has 6 aromatic carbocycles. The highest BCUT2D eigenvalue weighted by Gasteiger charge is 2.24. The number of benzene rings is 6. The van der Waals surface area contributed by atoms with Gasteiger partial charge in [0.15, 0.2) is 5.78 Å². The third-order valence-corrected chi connectivity index (χ3v) is 10.6. The molecule has 6 aromatic rings. The van der Waals surface area contributed by atoms with Crippen molar-refractivity contribution in [2.45, 2.75) is 80.1 Å². The van der Waals surface area contributed by atoms with Gasteiger partial charge >= 0.3 is 0 Å². The molecule has 0 aromatic heterocycles. The second kappa shape index (κ2) is 18.1. The minimum Gasteiger partial charge on any atom is -0.497 e. The van der Waals surface area contributed by atoms with Crippen LogP contribution in [0.2, 0.25) is 0 Å². The molecule has 0 radical (unpaired) electrons. The lowest BCUT2D eigenvalue weighted by Crippen LogP contribution is -2.19. The lowest BCUT2D eigenvalue weighted by Gasteiger charge is -2.27. The third-order valence-electron chi connectivity index (χ3n) is 10.6. The summed E-state index contributed by atoms with van der Waals surface area (Å²) in [6.45, 7) is 21.6. The summed E-state index contributed by atoms with van der Waals surface area (Å²) >= 11 is 0. The van der Waals surface area contributed by atoms with E-state index in [0.29, 0.717) is 0 Å². The van der Waals surface area contributed by atoms with E-state index < -0.39 is 0 Å². The van der Waals surface area contributed by atoms with Crippen LogP contribution in [0.25, 0.3) is 0 Å². The summed E-state index contributed by atoms with van der Waals surface area (Å²) in [7, 11) is 3.41.